The van der Waals surface area contributed by atoms with Crippen LogP contribution in [0.3, 0.4) is 0 Å². The fourth-order valence-electron chi connectivity index (χ4n) is 2.39. The number of thiophene rings is 1. The van der Waals surface area contributed by atoms with Gasteiger partial charge in [0.25, 0.3) is 5.91 Å². The number of carbonyl (C=O) groups excluding carboxylic acids is 1. The zero-order valence-corrected chi connectivity index (χ0v) is 14.7. The lowest BCUT2D eigenvalue weighted by Gasteiger charge is -2.25. The Bertz CT molecular complexity index is 747. The molecule has 24 heavy (non-hydrogen) atoms. The maximum atomic E-state index is 12.5. The van der Waals surface area contributed by atoms with Crippen molar-refractivity contribution in [2.75, 3.05) is 6.54 Å². The summed E-state index contributed by atoms with van der Waals surface area (Å²) < 4.78 is 9.25. The molecule has 0 bridgehead atoms. The molecule has 3 aromatic heterocycles. The van der Waals surface area contributed by atoms with Gasteiger partial charge in [0.15, 0.2) is 5.60 Å². The van der Waals surface area contributed by atoms with E-state index in [1.165, 1.54) is 17.6 Å². The third kappa shape index (κ3) is 3.26. The van der Waals surface area contributed by atoms with E-state index in [0.29, 0.717) is 27.6 Å². The van der Waals surface area contributed by atoms with E-state index >= 15 is 0 Å². The number of hydrogen-bond donors (Lipinski definition) is 2. The Balaban J connectivity index is 1.79. The Hall–Kier alpha value is -2.03. The van der Waals surface area contributed by atoms with Crippen LogP contribution in [0.15, 0.2) is 40.3 Å². The molecule has 0 saturated carbocycles. The van der Waals surface area contributed by atoms with Crippen molar-refractivity contribution in [3.63, 3.8) is 0 Å². The largest absolute Gasteiger partial charge is 0.466 e. The van der Waals surface area contributed by atoms with E-state index in [4.69, 9.17) is 4.42 Å². The van der Waals surface area contributed by atoms with E-state index in [-0.39, 0.29) is 12.5 Å². The monoisotopic (exact) mass is 363 g/mol. The van der Waals surface area contributed by atoms with Crippen molar-refractivity contribution in [2.24, 2.45) is 0 Å². The van der Waals surface area contributed by atoms with Crippen molar-refractivity contribution >= 4 is 28.8 Å². The van der Waals surface area contributed by atoms with Gasteiger partial charge < -0.3 is 14.8 Å². The molecule has 0 saturated heterocycles. The van der Waals surface area contributed by atoms with Gasteiger partial charge in [0, 0.05) is 4.88 Å². The van der Waals surface area contributed by atoms with Crippen LogP contribution in [0.2, 0.25) is 0 Å². The van der Waals surface area contributed by atoms with Crippen LogP contribution >= 0.6 is 22.9 Å². The Morgan fingerprint density at radius 2 is 2.29 bits per heavy atom. The molecule has 0 fully saturated rings. The highest BCUT2D eigenvalue weighted by Gasteiger charge is 2.36. The van der Waals surface area contributed by atoms with Gasteiger partial charge in [-0.2, -0.15) is 0 Å². The maximum Gasteiger partial charge on any atom is 0.265 e. The van der Waals surface area contributed by atoms with E-state index in [1.54, 1.807) is 12.1 Å². The number of aryl methyl sites for hydroxylation is 1. The number of furan rings is 1. The molecule has 8 heteroatoms. The minimum atomic E-state index is -1.41. The number of amides is 1. The topological polar surface area (TPSA) is 88.2 Å². The first-order chi connectivity index (χ1) is 11.6. The lowest BCUT2D eigenvalue weighted by Crippen LogP contribution is -2.41. The van der Waals surface area contributed by atoms with Crippen LogP contribution in [-0.2, 0) is 12.0 Å². The SMILES string of the molecule is CCCc1nnsc1C(=O)NCC(O)(c1ccco1)c1cccs1. The summed E-state index contributed by atoms with van der Waals surface area (Å²) in [6, 6.07) is 7.07. The van der Waals surface area contributed by atoms with Crippen molar-refractivity contribution in [1.82, 2.24) is 14.9 Å². The molecule has 0 radical (unpaired) electrons. The number of hydrogen-bond acceptors (Lipinski definition) is 7. The molecule has 3 rings (SSSR count). The second-order valence-electron chi connectivity index (χ2n) is 5.30. The van der Waals surface area contributed by atoms with Gasteiger partial charge in [0.1, 0.15) is 10.6 Å². The van der Waals surface area contributed by atoms with Gasteiger partial charge in [-0.05, 0) is 41.5 Å². The predicted molar refractivity (Wildman–Crippen MR) is 92.3 cm³/mol. The number of aromatic nitrogens is 2. The fourth-order valence-corrected chi connectivity index (χ4v) is 3.85. The van der Waals surface area contributed by atoms with Crippen LogP contribution in [0.1, 0.15) is 39.3 Å². The van der Waals surface area contributed by atoms with Crippen LogP contribution < -0.4 is 5.32 Å². The molecule has 0 spiro atoms. The molecule has 0 aliphatic rings. The maximum absolute atomic E-state index is 12.5. The van der Waals surface area contributed by atoms with Gasteiger partial charge in [0.2, 0.25) is 0 Å². The molecule has 1 unspecified atom stereocenters. The smallest absolute Gasteiger partial charge is 0.265 e. The molecule has 2 N–H and O–H groups in total. The summed E-state index contributed by atoms with van der Waals surface area (Å²) in [5.74, 6) is 0.108. The van der Waals surface area contributed by atoms with E-state index in [1.807, 2.05) is 24.4 Å². The fraction of sp³-hybridized carbons (Fsp3) is 0.312. The average molecular weight is 363 g/mol. The van der Waals surface area contributed by atoms with Crippen LogP contribution in [0.25, 0.3) is 0 Å². The molecule has 1 atom stereocenters. The highest BCUT2D eigenvalue weighted by atomic mass is 32.1. The lowest BCUT2D eigenvalue weighted by molar-refractivity contribution is 0.0555. The second kappa shape index (κ2) is 7.25. The van der Waals surface area contributed by atoms with Gasteiger partial charge in [-0.1, -0.05) is 23.9 Å². The molecule has 1 amide bonds. The standard InChI is InChI=1S/C16H17N3O3S2/c1-2-5-11-14(24-19-18-11)15(20)17-10-16(21,12-6-3-8-22-12)13-7-4-9-23-13/h3-4,6-9,21H,2,5,10H2,1H3,(H,17,20). The summed E-state index contributed by atoms with van der Waals surface area (Å²) in [4.78, 5) is 13.7. The Morgan fingerprint density at radius 1 is 1.42 bits per heavy atom. The summed E-state index contributed by atoms with van der Waals surface area (Å²) in [6.45, 7) is 2.02. The highest BCUT2D eigenvalue weighted by Crippen LogP contribution is 2.32. The summed E-state index contributed by atoms with van der Waals surface area (Å²) in [6.07, 6.45) is 3.09. The molecule has 0 aliphatic carbocycles. The first-order valence-corrected chi connectivity index (χ1v) is 9.20. The van der Waals surface area contributed by atoms with E-state index < -0.39 is 5.60 Å². The normalized spacial score (nSPS) is 13.6. The Morgan fingerprint density at radius 3 is 2.96 bits per heavy atom. The van der Waals surface area contributed by atoms with Crippen LogP contribution in [0.4, 0.5) is 0 Å². The first kappa shape index (κ1) is 16.8. The summed E-state index contributed by atoms with van der Waals surface area (Å²) >= 11 is 2.47. The molecular formula is C16H17N3O3S2. The van der Waals surface area contributed by atoms with E-state index in [9.17, 15) is 9.90 Å². The van der Waals surface area contributed by atoms with Gasteiger partial charge in [0.05, 0.1) is 18.5 Å². The van der Waals surface area contributed by atoms with E-state index in [2.05, 4.69) is 14.9 Å². The molecule has 0 aromatic carbocycles. The van der Waals surface area contributed by atoms with E-state index in [0.717, 1.165) is 18.0 Å². The average Bonchev–Trinajstić information content (AvgIpc) is 3.34. The number of nitrogens with zero attached hydrogens (tertiary/aromatic N) is 2. The summed E-state index contributed by atoms with van der Waals surface area (Å²) in [7, 11) is 0. The number of carbonyl (C=O) groups is 1. The highest BCUT2D eigenvalue weighted by molar-refractivity contribution is 7.10. The van der Waals surface area contributed by atoms with Crippen molar-refractivity contribution in [2.45, 2.75) is 25.4 Å². The number of nitrogens with one attached hydrogen (secondary N) is 1. The zero-order chi connectivity index (χ0) is 17.0. The number of aliphatic hydroxyl groups is 1. The van der Waals surface area contributed by atoms with Crippen LogP contribution in [0.5, 0.6) is 0 Å². The van der Waals surface area contributed by atoms with Crippen molar-refractivity contribution < 1.29 is 14.3 Å². The third-order valence-electron chi connectivity index (χ3n) is 3.61. The minimum absolute atomic E-state index is 0.00330. The third-order valence-corrected chi connectivity index (χ3v) is 5.40. The van der Waals surface area contributed by atoms with Crippen LogP contribution in [0, 0.1) is 0 Å². The Labute approximate surface area is 147 Å². The molecule has 3 aromatic rings. The Kier molecular flexibility index (Phi) is 5.08. The molecule has 126 valence electrons. The molecular weight excluding hydrogens is 346 g/mol. The molecule has 3 heterocycles. The summed E-state index contributed by atoms with van der Waals surface area (Å²) in [5.41, 5.74) is -0.714. The zero-order valence-electron chi connectivity index (χ0n) is 13.1. The summed E-state index contributed by atoms with van der Waals surface area (Å²) in [5, 5.41) is 19.8. The molecule has 0 aliphatic heterocycles. The van der Waals surface area contributed by atoms with Crippen molar-refractivity contribution in [3.8, 4) is 0 Å². The van der Waals surface area contributed by atoms with Gasteiger partial charge in [-0.15, -0.1) is 16.4 Å². The molecule has 6 nitrogen and oxygen atoms in total. The van der Waals surface area contributed by atoms with Crippen molar-refractivity contribution in [3.05, 3.63) is 57.1 Å². The first-order valence-electron chi connectivity index (χ1n) is 7.55. The van der Waals surface area contributed by atoms with Gasteiger partial charge in [-0.3, -0.25) is 4.79 Å². The number of rotatable bonds is 7. The quantitative estimate of drug-likeness (QED) is 0.674. The van der Waals surface area contributed by atoms with Crippen LogP contribution in [-0.4, -0.2) is 27.1 Å². The second-order valence-corrected chi connectivity index (χ2v) is 7.00. The predicted octanol–water partition coefficient (Wildman–Crippen LogP) is 2.81. The lowest BCUT2D eigenvalue weighted by atomic mass is 9.98. The minimum Gasteiger partial charge on any atom is -0.466 e. The van der Waals surface area contributed by atoms with Crippen molar-refractivity contribution in [1.29, 1.82) is 0 Å². The van der Waals surface area contributed by atoms with Gasteiger partial charge in [-0.25, -0.2) is 0 Å². The van der Waals surface area contributed by atoms with Gasteiger partial charge >= 0.3 is 0 Å².